The van der Waals surface area contributed by atoms with E-state index in [4.69, 9.17) is 16.0 Å². The van der Waals surface area contributed by atoms with Gasteiger partial charge in [-0.3, -0.25) is 0 Å². The van der Waals surface area contributed by atoms with E-state index in [1.165, 1.54) is 0 Å². The highest BCUT2D eigenvalue weighted by molar-refractivity contribution is 6.33. The first-order valence-electron chi connectivity index (χ1n) is 5.20. The SMILES string of the molecule is Clc1ccccc1Nc1nc2ccccc2o1. The van der Waals surface area contributed by atoms with Crippen LogP contribution in [0.4, 0.5) is 11.7 Å². The average Bonchev–Trinajstić information content (AvgIpc) is 2.74. The molecule has 0 saturated carbocycles. The van der Waals surface area contributed by atoms with E-state index < -0.39 is 0 Å². The van der Waals surface area contributed by atoms with Crippen molar-refractivity contribution in [1.82, 2.24) is 4.98 Å². The van der Waals surface area contributed by atoms with Gasteiger partial charge in [-0.25, -0.2) is 0 Å². The third kappa shape index (κ3) is 1.97. The van der Waals surface area contributed by atoms with Crippen molar-refractivity contribution in [2.75, 3.05) is 5.32 Å². The highest BCUT2D eigenvalue weighted by atomic mass is 35.5. The molecule has 3 nitrogen and oxygen atoms in total. The summed E-state index contributed by atoms with van der Waals surface area (Å²) in [4.78, 5) is 4.31. The number of aromatic nitrogens is 1. The fourth-order valence-corrected chi connectivity index (χ4v) is 1.79. The van der Waals surface area contributed by atoms with Gasteiger partial charge in [0, 0.05) is 0 Å². The van der Waals surface area contributed by atoms with Crippen molar-refractivity contribution in [3.05, 3.63) is 53.6 Å². The van der Waals surface area contributed by atoms with E-state index in [1.54, 1.807) is 0 Å². The molecule has 17 heavy (non-hydrogen) atoms. The molecular formula is C13H9ClN2O. The van der Waals surface area contributed by atoms with Gasteiger partial charge in [0.1, 0.15) is 5.52 Å². The number of anilines is 2. The van der Waals surface area contributed by atoms with Crippen LogP contribution < -0.4 is 5.32 Å². The highest BCUT2D eigenvalue weighted by Gasteiger charge is 2.06. The van der Waals surface area contributed by atoms with E-state index in [2.05, 4.69) is 10.3 Å². The minimum atomic E-state index is 0.444. The number of hydrogen-bond acceptors (Lipinski definition) is 3. The van der Waals surface area contributed by atoms with Gasteiger partial charge in [-0.05, 0) is 24.3 Å². The number of nitrogens with zero attached hydrogens (tertiary/aromatic N) is 1. The molecule has 0 aliphatic rings. The van der Waals surface area contributed by atoms with Gasteiger partial charge in [0.05, 0.1) is 10.7 Å². The second-order valence-corrected chi connectivity index (χ2v) is 4.00. The fourth-order valence-electron chi connectivity index (χ4n) is 1.60. The summed E-state index contributed by atoms with van der Waals surface area (Å²) < 4.78 is 5.55. The molecule has 1 heterocycles. The fraction of sp³-hybridized carbons (Fsp3) is 0. The zero-order valence-corrected chi connectivity index (χ0v) is 9.61. The van der Waals surface area contributed by atoms with Crippen LogP contribution in [-0.4, -0.2) is 4.98 Å². The summed E-state index contributed by atoms with van der Waals surface area (Å²) in [7, 11) is 0. The third-order valence-electron chi connectivity index (χ3n) is 2.41. The Morgan fingerprint density at radius 3 is 2.59 bits per heavy atom. The lowest BCUT2D eigenvalue weighted by Crippen LogP contribution is -1.90. The molecule has 84 valence electrons. The Labute approximate surface area is 103 Å². The van der Waals surface area contributed by atoms with Crippen molar-refractivity contribution in [3.63, 3.8) is 0 Å². The van der Waals surface area contributed by atoms with Crippen LogP contribution in [0.5, 0.6) is 0 Å². The van der Waals surface area contributed by atoms with Gasteiger partial charge in [0.2, 0.25) is 0 Å². The Hall–Kier alpha value is -2.00. The molecule has 1 N–H and O–H groups in total. The molecule has 0 fully saturated rings. The van der Waals surface area contributed by atoms with Crippen molar-refractivity contribution in [2.45, 2.75) is 0 Å². The van der Waals surface area contributed by atoms with E-state index >= 15 is 0 Å². The maximum atomic E-state index is 6.04. The summed E-state index contributed by atoms with van der Waals surface area (Å²) in [5.41, 5.74) is 2.35. The largest absolute Gasteiger partial charge is 0.423 e. The van der Waals surface area contributed by atoms with E-state index in [1.807, 2.05) is 48.5 Å². The number of nitrogens with one attached hydrogen (secondary N) is 1. The van der Waals surface area contributed by atoms with Crippen LogP contribution in [0.15, 0.2) is 52.9 Å². The van der Waals surface area contributed by atoms with E-state index in [0.717, 1.165) is 16.8 Å². The molecule has 0 atom stereocenters. The molecule has 2 aromatic carbocycles. The number of fused-ring (bicyclic) bond motifs is 1. The second-order valence-electron chi connectivity index (χ2n) is 3.59. The molecular weight excluding hydrogens is 236 g/mol. The first-order chi connectivity index (χ1) is 8.33. The van der Waals surface area contributed by atoms with Crippen molar-refractivity contribution in [2.24, 2.45) is 0 Å². The Morgan fingerprint density at radius 1 is 1.00 bits per heavy atom. The van der Waals surface area contributed by atoms with Gasteiger partial charge in [0.15, 0.2) is 5.58 Å². The molecule has 0 unspecified atom stereocenters. The molecule has 0 saturated heterocycles. The molecule has 0 amide bonds. The normalized spacial score (nSPS) is 10.6. The summed E-state index contributed by atoms with van der Waals surface area (Å²) >= 11 is 6.04. The van der Waals surface area contributed by atoms with E-state index in [-0.39, 0.29) is 0 Å². The number of benzene rings is 2. The lowest BCUT2D eigenvalue weighted by atomic mass is 10.3. The van der Waals surface area contributed by atoms with E-state index in [0.29, 0.717) is 11.0 Å². The maximum Gasteiger partial charge on any atom is 0.300 e. The number of halogens is 1. The zero-order valence-electron chi connectivity index (χ0n) is 8.85. The molecule has 0 spiro atoms. The summed E-state index contributed by atoms with van der Waals surface area (Å²) in [6, 6.07) is 15.5. The standard InChI is InChI=1S/C13H9ClN2O/c14-9-5-1-2-6-10(9)15-13-16-11-7-3-4-8-12(11)17-13/h1-8H,(H,15,16). The van der Waals surface area contributed by atoms with Crippen molar-refractivity contribution < 1.29 is 4.42 Å². The van der Waals surface area contributed by atoms with E-state index in [9.17, 15) is 0 Å². The Balaban J connectivity index is 1.98. The molecule has 0 aliphatic carbocycles. The summed E-state index contributed by atoms with van der Waals surface area (Å²) in [5, 5.41) is 3.69. The van der Waals surface area contributed by atoms with Gasteiger partial charge in [-0.1, -0.05) is 35.9 Å². The number of rotatable bonds is 2. The van der Waals surface area contributed by atoms with Gasteiger partial charge >= 0.3 is 0 Å². The topological polar surface area (TPSA) is 38.1 Å². The van der Waals surface area contributed by atoms with Crippen molar-refractivity contribution in [1.29, 1.82) is 0 Å². The van der Waals surface area contributed by atoms with Crippen LogP contribution in [0.3, 0.4) is 0 Å². The average molecular weight is 245 g/mol. The van der Waals surface area contributed by atoms with Gasteiger partial charge in [-0.2, -0.15) is 4.98 Å². The van der Waals surface area contributed by atoms with Crippen LogP contribution in [0.2, 0.25) is 5.02 Å². The van der Waals surface area contributed by atoms with Crippen LogP contribution >= 0.6 is 11.6 Å². The van der Waals surface area contributed by atoms with Gasteiger partial charge in [-0.15, -0.1) is 0 Å². The molecule has 4 heteroatoms. The molecule has 1 aromatic heterocycles. The van der Waals surface area contributed by atoms with Gasteiger partial charge in [0.25, 0.3) is 6.01 Å². The maximum absolute atomic E-state index is 6.04. The Bertz CT molecular complexity index is 630. The zero-order chi connectivity index (χ0) is 11.7. The molecule has 0 aliphatic heterocycles. The smallest absolute Gasteiger partial charge is 0.300 e. The molecule has 3 aromatic rings. The second kappa shape index (κ2) is 4.11. The van der Waals surface area contributed by atoms with Crippen LogP contribution in [-0.2, 0) is 0 Å². The third-order valence-corrected chi connectivity index (χ3v) is 2.74. The first-order valence-corrected chi connectivity index (χ1v) is 5.58. The van der Waals surface area contributed by atoms with Gasteiger partial charge < -0.3 is 9.73 Å². The van der Waals surface area contributed by atoms with Crippen molar-refractivity contribution >= 4 is 34.4 Å². The minimum absolute atomic E-state index is 0.444. The summed E-state index contributed by atoms with van der Waals surface area (Å²) in [6.45, 7) is 0. The number of hydrogen-bond donors (Lipinski definition) is 1. The quantitative estimate of drug-likeness (QED) is 0.733. The van der Waals surface area contributed by atoms with Crippen LogP contribution in [0.25, 0.3) is 11.1 Å². The predicted molar refractivity (Wildman–Crippen MR) is 68.7 cm³/mol. The highest BCUT2D eigenvalue weighted by Crippen LogP contribution is 2.26. The lowest BCUT2D eigenvalue weighted by Gasteiger charge is -2.02. The predicted octanol–water partition coefficient (Wildman–Crippen LogP) is 4.22. The Morgan fingerprint density at radius 2 is 1.76 bits per heavy atom. The van der Waals surface area contributed by atoms with Crippen LogP contribution in [0.1, 0.15) is 0 Å². The number of oxazole rings is 1. The summed E-state index contributed by atoms with van der Waals surface area (Å²) in [6.07, 6.45) is 0. The van der Waals surface area contributed by atoms with Crippen molar-refractivity contribution in [3.8, 4) is 0 Å². The Kier molecular flexibility index (Phi) is 2.46. The monoisotopic (exact) mass is 244 g/mol. The number of para-hydroxylation sites is 3. The van der Waals surface area contributed by atoms with Crippen LogP contribution in [0, 0.1) is 0 Å². The molecule has 0 radical (unpaired) electrons. The summed E-state index contributed by atoms with van der Waals surface area (Å²) in [5.74, 6) is 0. The lowest BCUT2D eigenvalue weighted by molar-refractivity contribution is 0.623. The molecule has 0 bridgehead atoms. The molecule has 3 rings (SSSR count). The first kappa shape index (κ1) is 10.2. The minimum Gasteiger partial charge on any atom is -0.423 e.